The van der Waals surface area contributed by atoms with E-state index in [2.05, 4.69) is 12.2 Å². The number of nitrogens with one attached hydrogen (secondary N) is 1. The first-order chi connectivity index (χ1) is 12.1. The Balaban J connectivity index is 1.57. The molecular formula is C21H24N2O2. The standard InChI is InChI=1S/C21H24N2O2/c1-16-6-5-13-23(15-16)21(25)19-11-9-17(10-12-19)14-22-20(24)18-7-3-2-4-8-18/h2-4,7-12,16H,5-6,13-15H2,1H3,(H,22,24). The maximum Gasteiger partial charge on any atom is 0.253 e. The average molecular weight is 336 g/mol. The van der Waals surface area contributed by atoms with Crippen LogP contribution in [0.4, 0.5) is 0 Å². The van der Waals surface area contributed by atoms with Crippen LogP contribution in [0.2, 0.25) is 0 Å². The van der Waals surface area contributed by atoms with Crippen LogP contribution in [0, 0.1) is 5.92 Å². The molecule has 0 bridgehead atoms. The van der Waals surface area contributed by atoms with Gasteiger partial charge in [-0.25, -0.2) is 0 Å². The van der Waals surface area contributed by atoms with E-state index < -0.39 is 0 Å². The highest BCUT2D eigenvalue weighted by molar-refractivity contribution is 5.95. The van der Waals surface area contributed by atoms with E-state index in [0.29, 0.717) is 23.6 Å². The molecule has 0 saturated carbocycles. The van der Waals surface area contributed by atoms with Gasteiger partial charge in [-0.3, -0.25) is 9.59 Å². The van der Waals surface area contributed by atoms with Crippen LogP contribution in [0.25, 0.3) is 0 Å². The van der Waals surface area contributed by atoms with Crippen molar-refractivity contribution in [1.82, 2.24) is 10.2 Å². The molecule has 4 heteroatoms. The van der Waals surface area contributed by atoms with Crippen LogP contribution in [0.15, 0.2) is 54.6 Å². The van der Waals surface area contributed by atoms with Crippen molar-refractivity contribution >= 4 is 11.8 Å². The van der Waals surface area contributed by atoms with Crippen molar-refractivity contribution in [2.24, 2.45) is 5.92 Å². The molecule has 1 unspecified atom stereocenters. The largest absolute Gasteiger partial charge is 0.348 e. The van der Waals surface area contributed by atoms with Crippen LogP contribution in [0.1, 0.15) is 46.0 Å². The number of benzene rings is 2. The summed E-state index contributed by atoms with van der Waals surface area (Å²) in [5.41, 5.74) is 2.34. The van der Waals surface area contributed by atoms with Gasteiger partial charge in [-0.15, -0.1) is 0 Å². The first-order valence-corrected chi connectivity index (χ1v) is 8.85. The van der Waals surface area contributed by atoms with Crippen LogP contribution < -0.4 is 5.32 Å². The molecule has 130 valence electrons. The fraction of sp³-hybridized carbons (Fsp3) is 0.333. The molecule has 1 N–H and O–H groups in total. The molecule has 0 aliphatic carbocycles. The summed E-state index contributed by atoms with van der Waals surface area (Å²) >= 11 is 0. The summed E-state index contributed by atoms with van der Waals surface area (Å²) in [4.78, 5) is 26.6. The molecule has 2 aromatic rings. The van der Waals surface area contributed by atoms with Crippen molar-refractivity contribution in [3.63, 3.8) is 0 Å². The fourth-order valence-corrected chi connectivity index (χ4v) is 3.20. The lowest BCUT2D eigenvalue weighted by atomic mass is 9.99. The average Bonchev–Trinajstić information content (AvgIpc) is 2.66. The zero-order chi connectivity index (χ0) is 17.6. The Bertz CT molecular complexity index is 725. The van der Waals surface area contributed by atoms with Gasteiger partial charge < -0.3 is 10.2 Å². The maximum atomic E-state index is 12.6. The summed E-state index contributed by atoms with van der Waals surface area (Å²) < 4.78 is 0. The third-order valence-electron chi connectivity index (χ3n) is 4.63. The minimum atomic E-state index is -0.0944. The number of hydrogen-bond acceptors (Lipinski definition) is 2. The topological polar surface area (TPSA) is 49.4 Å². The number of piperidine rings is 1. The zero-order valence-corrected chi connectivity index (χ0v) is 14.6. The summed E-state index contributed by atoms with van der Waals surface area (Å²) in [5, 5.41) is 2.90. The lowest BCUT2D eigenvalue weighted by Crippen LogP contribution is -2.39. The molecule has 3 rings (SSSR count). The summed E-state index contributed by atoms with van der Waals surface area (Å²) in [6.45, 7) is 4.33. The predicted octanol–water partition coefficient (Wildman–Crippen LogP) is 3.49. The second-order valence-electron chi connectivity index (χ2n) is 6.74. The summed E-state index contributed by atoms with van der Waals surface area (Å²) in [6.07, 6.45) is 2.28. The van der Waals surface area contributed by atoms with Crippen molar-refractivity contribution in [2.45, 2.75) is 26.3 Å². The number of hydrogen-bond donors (Lipinski definition) is 1. The Hall–Kier alpha value is -2.62. The van der Waals surface area contributed by atoms with Gasteiger partial charge in [-0.2, -0.15) is 0 Å². The Labute approximate surface area is 148 Å². The van der Waals surface area contributed by atoms with Gasteiger partial charge in [0.1, 0.15) is 0 Å². The van der Waals surface area contributed by atoms with E-state index in [9.17, 15) is 9.59 Å². The Kier molecular flexibility index (Phi) is 5.49. The second kappa shape index (κ2) is 7.97. The van der Waals surface area contributed by atoms with Gasteiger partial charge in [0, 0.05) is 30.8 Å². The lowest BCUT2D eigenvalue weighted by molar-refractivity contribution is 0.0683. The second-order valence-corrected chi connectivity index (χ2v) is 6.74. The fourth-order valence-electron chi connectivity index (χ4n) is 3.20. The van der Waals surface area contributed by atoms with Gasteiger partial charge in [0.15, 0.2) is 0 Å². The van der Waals surface area contributed by atoms with Gasteiger partial charge >= 0.3 is 0 Å². The number of carbonyl (C=O) groups excluding carboxylic acids is 2. The van der Waals surface area contributed by atoms with Gasteiger partial charge in [-0.05, 0) is 48.6 Å². The van der Waals surface area contributed by atoms with Crippen LogP contribution in [-0.4, -0.2) is 29.8 Å². The number of amides is 2. The Morgan fingerprint density at radius 2 is 1.76 bits per heavy atom. The highest BCUT2D eigenvalue weighted by atomic mass is 16.2. The first kappa shape index (κ1) is 17.2. The number of carbonyl (C=O) groups is 2. The van der Waals surface area contributed by atoms with Crippen molar-refractivity contribution < 1.29 is 9.59 Å². The zero-order valence-electron chi connectivity index (χ0n) is 14.6. The monoisotopic (exact) mass is 336 g/mol. The van der Waals surface area contributed by atoms with Crippen LogP contribution in [-0.2, 0) is 6.54 Å². The molecule has 25 heavy (non-hydrogen) atoms. The molecule has 0 aromatic heterocycles. The van der Waals surface area contributed by atoms with Gasteiger partial charge in [-0.1, -0.05) is 37.3 Å². The smallest absolute Gasteiger partial charge is 0.253 e. The highest BCUT2D eigenvalue weighted by Gasteiger charge is 2.21. The molecule has 1 heterocycles. The van der Waals surface area contributed by atoms with E-state index in [-0.39, 0.29) is 11.8 Å². The molecule has 0 spiro atoms. The predicted molar refractivity (Wildman–Crippen MR) is 98.4 cm³/mol. The quantitative estimate of drug-likeness (QED) is 0.929. The molecule has 0 radical (unpaired) electrons. The maximum absolute atomic E-state index is 12.6. The molecule has 1 aliphatic heterocycles. The summed E-state index contributed by atoms with van der Waals surface area (Å²) in [5.74, 6) is 0.583. The molecular weight excluding hydrogens is 312 g/mol. The van der Waals surface area contributed by atoms with Crippen molar-refractivity contribution in [2.75, 3.05) is 13.1 Å². The van der Waals surface area contributed by atoms with Crippen molar-refractivity contribution in [3.05, 3.63) is 71.3 Å². The Morgan fingerprint density at radius 3 is 2.44 bits per heavy atom. The normalized spacial score (nSPS) is 17.2. The first-order valence-electron chi connectivity index (χ1n) is 8.85. The molecule has 1 aliphatic rings. The molecule has 4 nitrogen and oxygen atoms in total. The van der Waals surface area contributed by atoms with Crippen LogP contribution >= 0.6 is 0 Å². The number of nitrogens with zero attached hydrogens (tertiary/aromatic N) is 1. The minimum absolute atomic E-state index is 0.0944. The van der Waals surface area contributed by atoms with Crippen LogP contribution in [0.5, 0.6) is 0 Å². The van der Waals surface area contributed by atoms with Crippen molar-refractivity contribution in [3.8, 4) is 0 Å². The van der Waals surface area contributed by atoms with Crippen molar-refractivity contribution in [1.29, 1.82) is 0 Å². The molecule has 2 aromatic carbocycles. The number of likely N-dealkylation sites (tertiary alicyclic amines) is 1. The molecule has 1 saturated heterocycles. The van der Waals surface area contributed by atoms with E-state index in [1.165, 1.54) is 6.42 Å². The van der Waals surface area contributed by atoms with E-state index >= 15 is 0 Å². The van der Waals surface area contributed by atoms with Gasteiger partial charge in [0.05, 0.1) is 0 Å². The third-order valence-corrected chi connectivity index (χ3v) is 4.63. The third kappa shape index (κ3) is 4.47. The summed E-state index contributed by atoms with van der Waals surface area (Å²) in [6, 6.07) is 16.7. The van der Waals surface area contributed by atoms with Gasteiger partial charge in [0.25, 0.3) is 11.8 Å². The van der Waals surface area contributed by atoms with E-state index in [4.69, 9.17) is 0 Å². The Morgan fingerprint density at radius 1 is 1.04 bits per heavy atom. The lowest BCUT2D eigenvalue weighted by Gasteiger charge is -2.31. The highest BCUT2D eigenvalue weighted by Crippen LogP contribution is 2.18. The SMILES string of the molecule is CC1CCCN(C(=O)c2ccc(CNC(=O)c3ccccc3)cc2)C1. The van der Waals surface area contributed by atoms with E-state index in [1.54, 1.807) is 12.1 Å². The summed E-state index contributed by atoms with van der Waals surface area (Å²) in [7, 11) is 0. The number of rotatable bonds is 4. The minimum Gasteiger partial charge on any atom is -0.348 e. The molecule has 2 amide bonds. The molecule has 1 fully saturated rings. The van der Waals surface area contributed by atoms with Gasteiger partial charge in [0.2, 0.25) is 0 Å². The van der Waals surface area contributed by atoms with Crippen LogP contribution in [0.3, 0.4) is 0 Å². The van der Waals surface area contributed by atoms with E-state index in [1.807, 2.05) is 47.4 Å². The van der Waals surface area contributed by atoms with E-state index in [0.717, 1.165) is 25.1 Å². The molecule has 1 atom stereocenters.